The largest absolute Gasteiger partial charge is 0.481 e. The lowest BCUT2D eigenvalue weighted by Gasteiger charge is -2.22. The summed E-state index contributed by atoms with van der Waals surface area (Å²) in [7, 11) is -3.92. The first-order valence-corrected chi connectivity index (χ1v) is 15.5. The lowest BCUT2D eigenvalue weighted by atomic mass is 10.1. The molecule has 0 saturated heterocycles. The average Bonchev–Trinajstić information content (AvgIpc) is 3.00. The highest BCUT2D eigenvalue weighted by molar-refractivity contribution is 7.89. The molecule has 2 aromatic rings. The van der Waals surface area contributed by atoms with Gasteiger partial charge in [-0.15, -0.1) is 0 Å². The van der Waals surface area contributed by atoms with Crippen LogP contribution in [0.4, 0.5) is 4.79 Å². The third kappa shape index (κ3) is 14.5. The molecule has 0 heterocycles. The zero-order valence-corrected chi connectivity index (χ0v) is 25.2. The SMILES string of the molecule is C[C@H](NC(=O)[C@H](CCC(=O)O)NC(=O)OCc1ccccc1)C(=O)NC(CC(=O)O)C(=O)CNS(=O)(=O)CCc1ccccc1. The fourth-order valence-corrected chi connectivity index (χ4v) is 4.82. The molecule has 244 valence electrons. The maximum absolute atomic E-state index is 12.9. The lowest BCUT2D eigenvalue weighted by molar-refractivity contribution is -0.140. The van der Waals surface area contributed by atoms with E-state index in [1.54, 1.807) is 60.7 Å². The number of ketones is 1. The lowest BCUT2D eigenvalue weighted by Crippen LogP contribution is -2.55. The number of carboxylic acids is 2. The third-order valence-electron chi connectivity index (χ3n) is 6.27. The Bertz CT molecular complexity index is 1440. The number of carboxylic acid groups (broad SMARTS) is 2. The number of nitrogens with one attached hydrogen (secondary N) is 4. The summed E-state index contributed by atoms with van der Waals surface area (Å²) >= 11 is 0. The highest BCUT2D eigenvalue weighted by Crippen LogP contribution is 2.05. The van der Waals surface area contributed by atoms with Crippen molar-refractivity contribution in [3.05, 3.63) is 71.8 Å². The predicted molar refractivity (Wildman–Crippen MR) is 159 cm³/mol. The van der Waals surface area contributed by atoms with Crippen LogP contribution in [0, 0.1) is 0 Å². The molecule has 0 aliphatic carbocycles. The smallest absolute Gasteiger partial charge is 0.408 e. The number of hydrogen-bond acceptors (Lipinski definition) is 9. The van der Waals surface area contributed by atoms with Crippen molar-refractivity contribution >= 4 is 45.7 Å². The van der Waals surface area contributed by atoms with Gasteiger partial charge in [0.1, 0.15) is 18.7 Å². The summed E-state index contributed by atoms with van der Waals surface area (Å²) in [4.78, 5) is 73.1. The molecule has 2 rings (SSSR count). The van der Waals surface area contributed by atoms with Gasteiger partial charge in [-0.1, -0.05) is 60.7 Å². The van der Waals surface area contributed by atoms with Crippen LogP contribution in [-0.4, -0.2) is 84.7 Å². The number of alkyl carbamates (subject to hydrolysis) is 1. The van der Waals surface area contributed by atoms with E-state index in [1.807, 2.05) is 0 Å². The van der Waals surface area contributed by atoms with Crippen molar-refractivity contribution in [1.29, 1.82) is 0 Å². The molecule has 0 aliphatic rings. The number of carbonyl (C=O) groups excluding carboxylic acids is 4. The monoisotopic (exact) mass is 648 g/mol. The van der Waals surface area contributed by atoms with E-state index in [0.29, 0.717) is 5.56 Å². The van der Waals surface area contributed by atoms with E-state index in [-0.39, 0.29) is 25.2 Å². The Morgan fingerprint density at radius 1 is 0.778 bits per heavy atom. The molecular formula is C29H36N4O11S. The van der Waals surface area contributed by atoms with Gasteiger partial charge in [-0.2, -0.15) is 0 Å². The van der Waals surface area contributed by atoms with Crippen molar-refractivity contribution in [2.75, 3.05) is 12.3 Å². The van der Waals surface area contributed by atoms with Gasteiger partial charge in [0.25, 0.3) is 0 Å². The van der Waals surface area contributed by atoms with Gasteiger partial charge in [-0.25, -0.2) is 17.9 Å². The number of hydrogen-bond donors (Lipinski definition) is 6. The maximum Gasteiger partial charge on any atom is 0.408 e. The minimum atomic E-state index is -3.92. The molecular weight excluding hydrogens is 612 g/mol. The number of ether oxygens (including phenoxy) is 1. The van der Waals surface area contributed by atoms with Gasteiger partial charge in [0.15, 0.2) is 5.78 Å². The number of benzene rings is 2. The molecule has 0 spiro atoms. The van der Waals surface area contributed by atoms with Gasteiger partial charge in [0.05, 0.1) is 24.8 Å². The highest BCUT2D eigenvalue weighted by atomic mass is 32.2. The maximum atomic E-state index is 12.9. The standard InChI is InChI=1S/C29H36N4O11S/c1-19(31-28(40)22(12-13-25(35)36)33-29(41)44-18-21-10-6-3-7-11-21)27(39)32-23(16-26(37)38)24(34)17-30-45(42,43)15-14-20-8-4-2-5-9-20/h2-11,19,22-23,30H,12-18H2,1H3,(H,31,40)(H,32,39)(H,33,41)(H,35,36)(H,37,38)/t19-,22-,23?/m0/s1. The molecule has 0 saturated carbocycles. The zero-order chi connectivity index (χ0) is 33.4. The number of aliphatic carboxylic acids is 2. The number of aryl methyl sites for hydroxylation is 1. The Hall–Kier alpha value is -4.83. The van der Waals surface area contributed by atoms with Crippen molar-refractivity contribution in [1.82, 2.24) is 20.7 Å². The minimum Gasteiger partial charge on any atom is -0.481 e. The third-order valence-corrected chi connectivity index (χ3v) is 7.60. The summed E-state index contributed by atoms with van der Waals surface area (Å²) in [5, 5.41) is 25.0. The molecule has 0 aliphatic heterocycles. The fourth-order valence-electron chi connectivity index (χ4n) is 3.81. The van der Waals surface area contributed by atoms with Crippen LogP contribution in [0.1, 0.15) is 37.3 Å². The van der Waals surface area contributed by atoms with E-state index in [2.05, 4.69) is 20.7 Å². The second-order valence-electron chi connectivity index (χ2n) is 9.92. The Morgan fingerprint density at radius 2 is 1.38 bits per heavy atom. The highest BCUT2D eigenvalue weighted by Gasteiger charge is 2.29. The van der Waals surface area contributed by atoms with Gasteiger partial charge in [-0.3, -0.25) is 24.0 Å². The van der Waals surface area contributed by atoms with Gasteiger partial charge in [-0.05, 0) is 30.9 Å². The second kappa shape index (κ2) is 18.1. The van der Waals surface area contributed by atoms with Crippen molar-refractivity contribution in [3.8, 4) is 0 Å². The van der Waals surface area contributed by atoms with Gasteiger partial charge in [0, 0.05) is 6.42 Å². The Labute approximate surface area is 259 Å². The molecule has 3 amide bonds. The van der Waals surface area contributed by atoms with E-state index >= 15 is 0 Å². The summed E-state index contributed by atoms with van der Waals surface area (Å²) in [5.74, 6) is -5.90. The summed E-state index contributed by atoms with van der Waals surface area (Å²) in [6.07, 6.45) is -2.56. The number of rotatable bonds is 19. The predicted octanol–water partition coefficient (Wildman–Crippen LogP) is 0.342. The van der Waals surface area contributed by atoms with E-state index in [4.69, 9.17) is 9.84 Å². The molecule has 0 bridgehead atoms. The topological polar surface area (TPSA) is 234 Å². The van der Waals surface area contributed by atoms with Crippen molar-refractivity contribution in [2.24, 2.45) is 0 Å². The molecule has 6 N–H and O–H groups in total. The van der Waals surface area contributed by atoms with Crippen LogP contribution in [-0.2, 0) is 51.8 Å². The average molecular weight is 649 g/mol. The summed E-state index contributed by atoms with van der Waals surface area (Å²) in [6, 6.07) is 12.9. The van der Waals surface area contributed by atoms with Gasteiger partial charge in [0.2, 0.25) is 21.8 Å². The number of Topliss-reactive ketones (excluding diaryl/α,β-unsaturated/α-hetero) is 1. The molecule has 3 atom stereocenters. The van der Waals surface area contributed by atoms with Gasteiger partial charge >= 0.3 is 18.0 Å². The number of sulfonamides is 1. The summed E-state index contributed by atoms with van der Waals surface area (Å²) in [6.45, 7) is 0.299. The van der Waals surface area contributed by atoms with Gasteiger partial charge < -0.3 is 30.9 Å². The summed E-state index contributed by atoms with van der Waals surface area (Å²) < 4.78 is 31.9. The van der Waals surface area contributed by atoms with Crippen LogP contribution >= 0.6 is 0 Å². The van der Waals surface area contributed by atoms with Crippen LogP contribution in [0.25, 0.3) is 0 Å². The Kier molecular flexibility index (Phi) is 14.6. The van der Waals surface area contributed by atoms with Crippen LogP contribution < -0.4 is 20.7 Å². The van der Waals surface area contributed by atoms with Crippen LogP contribution in [0.15, 0.2) is 60.7 Å². The Balaban J connectivity index is 1.96. The number of carbonyl (C=O) groups is 6. The zero-order valence-electron chi connectivity index (χ0n) is 24.4. The van der Waals surface area contributed by atoms with Crippen LogP contribution in [0.2, 0.25) is 0 Å². The first kappa shape index (κ1) is 36.4. The van der Waals surface area contributed by atoms with Crippen LogP contribution in [0.5, 0.6) is 0 Å². The van der Waals surface area contributed by atoms with E-state index in [9.17, 15) is 42.3 Å². The molecule has 0 radical (unpaired) electrons. The van der Waals surface area contributed by atoms with E-state index < -0.39 is 83.2 Å². The number of amides is 3. The first-order chi connectivity index (χ1) is 21.3. The second-order valence-corrected chi connectivity index (χ2v) is 11.8. The molecule has 2 aromatic carbocycles. The fraction of sp³-hybridized carbons (Fsp3) is 0.379. The van der Waals surface area contributed by atoms with Crippen molar-refractivity contribution in [2.45, 2.75) is 57.3 Å². The molecule has 0 aromatic heterocycles. The van der Waals surface area contributed by atoms with E-state index in [1.165, 1.54) is 6.92 Å². The normalized spacial score (nSPS) is 13.0. The molecule has 45 heavy (non-hydrogen) atoms. The minimum absolute atomic E-state index is 0.124. The quantitative estimate of drug-likeness (QED) is 0.122. The molecule has 1 unspecified atom stereocenters. The molecule has 15 nitrogen and oxygen atoms in total. The first-order valence-electron chi connectivity index (χ1n) is 13.8. The molecule has 0 fully saturated rings. The Morgan fingerprint density at radius 3 is 1.96 bits per heavy atom. The summed E-state index contributed by atoms with van der Waals surface area (Å²) in [5.41, 5.74) is 1.42. The molecule has 16 heteroatoms. The van der Waals surface area contributed by atoms with Crippen molar-refractivity contribution < 1.29 is 52.1 Å². The van der Waals surface area contributed by atoms with E-state index in [0.717, 1.165) is 5.56 Å². The van der Waals surface area contributed by atoms with Crippen LogP contribution in [0.3, 0.4) is 0 Å². The van der Waals surface area contributed by atoms with Crippen molar-refractivity contribution in [3.63, 3.8) is 0 Å².